The molecule has 0 saturated heterocycles. The first-order valence-electron chi connectivity index (χ1n) is 6.59. The molecular weight excluding hydrogens is 270 g/mol. The van der Waals surface area contributed by atoms with Gasteiger partial charge in [0.05, 0.1) is 6.61 Å². The van der Waals surface area contributed by atoms with E-state index in [1.807, 2.05) is 25.4 Å². The van der Waals surface area contributed by atoms with Gasteiger partial charge in [-0.05, 0) is 24.7 Å². The lowest BCUT2D eigenvalue weighted by Gasteiger charge is -2.08. The van der Waals surface area contributed by atoms with Gasteiger partial charge < -0.3 is 10.1 Å². The predicted molar refractivity (Wildman–Crippen MR) is 83.6 cm³/mol. The molecule has 0 spiro atoms. The first-order chi connectivity index (χ1) is 9.81. The van der Waals surface area contributed by atoms with Crippen molar-refractivity contribution in [1.82, 2.24) is 9.97 Å². The fourth-order valence-corrected chi connectivity index (χ4v) is 2.17. The molecule has 2 aromatic rings. The minimum atomic E-state index is 0.627. The third kappa shape index (κ3) is 4.42. The Morgan fingerprint density at radius 2 is 2.00 bits per heavy atom. The zero-order valence-corrected chi connectivity index (χ0v) is 12.6. The molecule has 0 bridgehead atoms. The van der Waals surface area contributed by atoms with Crippen LogP contribution >= 0.6 is 11.8 Å². The topological polar surface area (TPSA) is 47.0 Å². The number of rotatable bonds is 7. The number of aryl methyl sites for hydroxylation is 1. The van der Waals surface area contributed by atoms with Gasteiger partial charge in [-0.2, -0.15) is 4.98 Å². The number of hydrogen-bond donors (Lipinski definition) is 1. The lowest BCUT2D eigenvalue weighted by Crippen LogP contribution is -2.03. The van der Waals surface area contributed by atoms with E-state index in [4.69, 9.17) is 4.74 Å². The highest BCUT2D eigenvalue weighted by molar-refractivity contribution is 7.98. The summed E-state index contributed by atoms with van der Waals surface area (Å²) in [6, 6.07) is 12.2. The number of anilines is 1. The lowest BCUT2D eigenvalue weighted by molar-refractivity contribution is 0.296. The van der Waals surface area contributed by atoms with Gasteiger partial charge in [0, 0.05) is 13.1 Å². The van der Waals surface area contributed by atoms with Gasteiger partial charge in [0.25, 0.3) is 0 Å². The minimum Gasteiger partial charge on any atom is -0.477 e. The summed E-state index contributed by atoms with van der Waals surface area (Å²) >= 11 is 1.51. The van der Waals surface area contributed by atoms with Crippen LogP contribution in [0, 0.1) is 0 Å². The Bertz CT molecular complexity index is 512. The molecule has 0 aliphatic heterocycles. The second kappa shape index (κ2) is 7.75. The van der Waals surface area contributed by atoms with E-state index in [1.165, 1.54) is 17.3 Å². The molecule has 20 heavy (non-hydrogen) atoms. The molecule has 0 aliphatic rings. The quantitative estimate of drug-likeness (QED) is 0.481. The number of ether oxygens (including phenoxy) is 1. The maximum Gasteiger partial charge on any atom is 0.219 e. The summed E-state index contributed by atoms with van der Waals surface area (Å²) in [6.07, 6.45) is 3.94. The Balaban J connectivity index is 1.84. The van der Waals surface area contributed by atoms with Crippen LogP contribution in [-0.2, 0) is 6.42 Å². The first kappa shape index (κ1) is 14.7. The smallest absolute Gasteiger partial charge is 0.219 e. The van der Waals surface area contributed by atoms with Gasteiger partial charge in [-0.25, -0.2) is 4.98 Å². The molecule has 0 radical (unpaired) electrons. The van der Waals surface area contributed by atoms with E-state index >= 15 is 0 Å². The Hall–Kier alpha value is -1.75. The molecule has 1 heterocycles. The first-order valence-corrected chi connectivity index (χ1v) is 7.82. The molecule has 0 amide bonds. The van der Waals surface area contributed by atoms with Crippen molar-refractivity contribution in [2.75, 3.05) is 25.2 Å². The van der Waals surface area contributed by atoms with Gasteiger partial charge in [-0.1, -0.05) is 42.1 Å². The second-order valence-corrected chi connectivity index (χ2v) is 5.04. The maximum absolute atomic E-state index is 5.71. The van der Waals surface area contributed by atoms with Crippen molar-refractivity contribution in [1.29, 1.82) is 0 Å². The van der Waals surface area contributed by atoms with Gasteiger partial charge in [-0.3, -0.25) is 0 Å². The number of aromatic nitrogens is 2. The normalized spacial score (nSPS) is 10.3. The molecule has 4 nitrogen and oxygen atoms in total. The molecule has 1 aromatic carbocycles. The van der Waals surface area contributed by atoms with Gasteiger partial charge in [0.2, 0.25) is 5.88 Å². The Kier molecular flexibility index (Phi) is 5.68. The van der Waals surface area contributed by atoms with Crippen LogP contribution in [0.1, 0.15) is 12.0 Å². The van der Waals surface area contributed by atoms with E-state index in [-0.39, 0.29) is 0 Å². The highest BCUT2D eigenvalue weighted by Crippen LogP contribution is 2.18. The Morgan fingerprint density at radius 3 is 2.70 bits per heavy atom. The van der Waals surface area contributed by atoms with Crippen LogP contribution < -0.4 is 10.1 Å². The standard InChI is InChI=1S/C15H19N3OS/c1-16-13-11-14(18-15(17-13)20-2)19-10-6-9-12-7-4-3-5-8-12/h3-5,7-8,11H,6,9-10H2,1-2H3,(H,16,17,18). The van der Waals surface area contributed by atoms with Crippen LogP contribution in [0.25, 0.3) is 0 Å². The molecule has 1 N–H and O–H groups in total. The summed E-state index contributed by atoms with van der Waals surface area (Å²) in [4.78, 5) is 8.64. The van der Waals surface area contributed by atoms with E-state index in [1.54, 1.807) is 0 Å². The molecule has 0 unspecified atom stereocenters. The number of nitrogens with zero attached hydrogens (tertiary/aromatic N) is 2. The lowest BCUT2D eigenvalue weighted by atomic mass is 10.1. The van der Waals surface area contributed by atoms with E-state index in [0.29, 0.717) is 12.5 Å². The van der Waals surface area contributed by atoms with Crippen molar-refractivity contribution in [3.8, 4) is 5.88 Å². The number of hydrogen-bond acceptors (Lipinski definition) is 5. The highest BCUT2D eigenvalue weighted by atomic mass is 32.2. The van der Waals surface area contributed by atoms with Gasteiger partial charge in [0.1, 0.15) is 5.82 Å². The Labute approximate surface area is 124 Å². The molecule has 5 heteroatoms. The van der Waals surface area contributed by atoms with Crippen LogP contribution in [-0.4, -0.2) is 29.9 Å². The van der Waals surface area contributed by atoms with E-state index in [0.717, 1.165) is 23.8 Å². The van der Waals surface area contributed by atoms with Crippen molar-refractivity contribution in [3.05, 3.63) is 42.0 Å². The minimum absolute atomic E-state index is 0.627. The molecular formula is C15H19N3OS. The highest BCUT2D eigenvalue weighted by Gasteiger charge is 2.04. The molecule has 0 fully saturated rings. The fourth-order valence-electron chi connectivity index (χ4n) is 1.79. The van der Waals surface area contributed by atoms with Crippen molar-refractivity contribution in [2.24, 2.45) is 0 Å². The summed E-state index contributed by atoms with van der Waals surface area (Å²) in [5.74, 6) is 1.41. The van der Waals surface area contributed by atoms with Crippen LogP contribution in [0.3, 0.4) is 0 Å². The summed E-state index contributed by atoms with van der Waals surface area (Å²) in [5.41, 5.74) is 1.33. The van der Waals surface area contributed by atoms with Crippen LogP contribution in [0.5, 0.6) is 5.88 Å². The molecule has 0 saturated carbocycles. The van der Waals surface area contributed by atoms with Gasteiger partial charge in [-0.15, -0.1) is 0 Å². The number of nitrogens with one attached hydrogen (secondary N) is 1. The molecule has 106 valence electrons. The maximum atomic E-state index is 5.71. The average molecular weight is 289 g/mol. The number of thioether (sulfide) groups is 1. The zero-order chi connectivity index (χ0) is 14.2. The third-order valence-corrected chi connectivity index (χ3v) is 3.37. The van der Waals surface area contributed by atoms with Crippen molar-refractivity contribution in [3.63, 3.8) is 0 Å². The van der Waals surface area contributed by atoms with Crippen molar-refractivity contribution < 1.29 is 4.74 Å². The van der Waals surface area contributed by atoms with Crippen LogP contribution in [0.2, 0.25) is 0 Å². The predicted octanol–water partition coefficient (Wildman–Crippen LogP) is 3.25. The molecule has 2 rings (SSSR count). The summed E-state index contributed by atoms with van der Waals surface area (Å²) in [5, 5.41) is 3.73. The zero-order valence-electron chi connectivity index (χ0n) is 11.8. The number of benzene rings is 1. The largest absolute Gasteiger partial charge is 0.477 e. The monoisotopic (exact) mass is 289 g/mol. The van der Waals surface area contributed by atoms with Crippen LogP contribution in [0.15, 0.2) is 41.6 Å². The molecule has 0 atom stereocenters. The average Bonchev–Trinajstić information content (AvgIpc) is 2.52. The SMILES string of the molecule is CNc1cc(OCCCc2ccccc2)nc(SC)n1. The molecule has 0 aliphatic carbocycles. The second-order valence-electron chi connectivity index (χ2n) is 4.27. The summed E-state index contributed by atoms with van der Waals surface area (Å²) < 4.78 is 5.71. The van der Waals surface area contributed by atoms with E-state index < -0.39 is 0 Å². The van der Waals surface area contributed by atoms with E-state index in [9.17, 15) is 0 Å². The van der Waals surface area contributed by atoms with Gasteiger partial charge >= 0.3 is 0 Å². The van der Waals surface area contributed by atoms with E-state index in [2.05, 4.69) is 39.6 Å². The fraction of sp³-hybridized carbons (Fsp3) is 0.333. The van der Waals surface area contributed by atoms with Crippen LogP contribution in [0.4, 0.5) is 5.82 Å². The van der Waals surface area contributed by atoms with Crippen molar-refractivity contribution in [2.45, 2.75) is 18.0 Å². The van der Waals surface area contributed by atoms with Gasteiger partial charge in [0.15, 0.2) is 5.16 Å². The Morgan fingerprint density at radius 1 is 1.20 bits per heavy atom. The third-order valence-electron chi connectivity index (χ3n) is 2.82. The summed E-state index contributed by atoms with van der Waals surface area (Å²) in [6.45, 7) is 0.656. The van der Waals surface area contributed by atoms with Crippen molar-refractivity contribution >= 4 is 17.6 Å². The summed E-state index contributed by atoms with van der Waals surface area (Å²) in [7, 11) is 1.84. The molecule has 1 aromatic heterocycles.